The number of carbonyl (C=O) groups is 1. The van der Waals surface area contributed by atoms with E-state index in [1.165, 1.54) is 35.6 Å². The van der Waals surface area contributed by atoms with Gasteiger partial charge in [-0.25, -0.2) is 17.9 Å². The molecular weight excluding hydrogens is 402 g/mol. The van der Waals surface area contributed by atoms with Gasteiger partial charge in [0.05, 0.1) is 15.3 Å². The van der Waals surface area contributed by atoms with Crippen molar-refractivity contribution in [2.24, 2.45) is 0 Å². The summed E-state index contributed by atoms with van der Waals surface area (Å²) in [5, 5.41) is 5.78. The maximum Gasteiger partial charge on any atom is 0.338 e. The number of aromatic nitrogens is 2. The van der Waals surface area contributed by atoms with Gasteiger partial charge in [0.15, 0.2) is 6.10 Å². The number of carbonyl (C=O) groups excluding carboxylic acids is 1. The average molecular weight is 419 g/mol. The molecule has 4 rings (SSSR count). The van der Waals surface area contributed by atoms with E-state index in [9.17, 15) is 13.2 Å². The molecule has 1 aliphatic carbocycles. The Bertz CT molecular complexity index is 1090. The van der Waals surface area contributed by atoms with Crippen molar-refractivity contribution in [3.05, 3.63) is 53.2 Å². The lowest BCUT2D eigenvalue weighted by Gasteiger charge is -2.10. The van der Waals surface area contributed by atoms with Crippen molar-refractivity contribution in [2.45, 2.75) is 36.8 Å². The first kappa shape index (κ1) is 18.8. The van der Waals surface area contributed by atoms with E-state index in [-0.39, 0.29) is 22.4 Å². The molecule has 1 saturated carbocycles. The summed E-state index contributed by atoms with van der Waals surface area (Å²) in [6.07, 6.45) is 0.880. The molecular formula is C18H17N3O5S2. The molecule has 1 aromatic carbocycles. The molecule has 0 aliphatic heterocycles. The van der Waals surface area contributed by atoms with E-state index in [0.29, 0.717) is 5.82 Å². The van der Waals surface area contributed by atoms with Crippen LogP contribution in [-0.2, 0) is 14.8 Å². The molecule has 1 atom stereocenters. The second kappa shape index (κ2) is 7.46. The number of thiophene rings is 1. The molecule has 2 heterocycles. The number of hydrogen-bond donors (Lipinski definition) is 1. The van der Waals surface area contributed by atoms with Crippen LogP contribution in [0.3, 0.4) is 0 Å². The normalized spacial score (nSPS) is 15.3. The molecule has 0 bridgehead atoms. The monoisotopic (exact) mass is 419 g/mol. The van der Waals surface area contributed by atoms with Gasteiger partial charge in [-0.3, -0.25) is 0 Å². The lowest BCUT2D eigenvalue weighted by molar-refractivity contribution is 0.0265. The first-order chi connectivity index (χ1) is 13.4. The Morgan fingerprint density at radius 3 is 2.86 bits per heavy atom. The van der Waals surface area contributed by atoms with Gasteiger partial charge in [0.25, 0.3) is 5.89 Å². The fourth-order valence-corrected chi connectivity index (χ4v) is 4.46. The zero-order valence-electron chi connectivity index (χ0n) is 14.9. The highest BCUT2D eigenvalue weighted by Gasteiger charge is 2.28. The Labute approximate surface area is 165 Å². The second-order valence-corrected chi connectivity index (χ2v) is 9.07. The fourth-order valence-electron chi connectivity index (χ4n) is 2.46. The number of sulfonamides is 1. The van der Waals surface area contributed by atoms with Gasteiger partial charge in [0.2, 0.25) is 15.8 Å². The van der Waals surface area contributed by atoms with Crippen LogP contribution in [0.25, 0.3) is 10.7 Å². The standard InChI is InChI=1S/C18H17N3O5S2/c1-11(17-19-16(20-26-17)15-6-3-9-27-15)25-18(22)12-4-2-5-14(10-12)28(23,24)21-13-7-8-13/h2-6,9-11,13,21H,7-8H2,1H3/t11-/m1/s1. The van der Waals surface area contributed by atoms with E-state index < -0.39 is 22.1 Å². The summed E-state index contributed by atoms with van der Waals surface area (Å²) in [6.45, 7) is 1.61. The second-order valence-electron chi connectivity index (χ2n) is 6.40. The number of nitrogens with zero attached hydrogens (tertiary/aromatic N) is 2. The number of esters is 1. The predicted molar refractivity (Wildman–Crippen MR) is 101 cm³/mol. The lowest BCUT2D eigenvalue weighted by atomic mass is 10.2. The SMILES string of the molecule is C[C@@H](OC(=O)c1cccc(S(=O)(=O)NC2CC2)c1)c1nc(-c2cccs2)no1. The number of ether oxygens (including phenoxy) is 1. The highest BCUT2D eigenvalue weighted by atomic mass is 32.2. The van der Waals surface area contributed by atoms with E-state index in [0.717, 1.165) is 17.7 Å². The summed E-state index contributed by atoms with van der Waals surface area (Å²) in [7, 11) is -3.65. The van der Waals surface area contributed by atoms with Crippen LogP contribution in [0.2, 0.25) is 0 Å². The highest BCUT2D eigenvalue weighted by molar-refractivity contribution is 7.89. The van der Waals surface area contributed by atoms with Crippen molar-refractivity contribution >= 4 is 27.3 Å². The van der Waals surface area contributed by atoms with Crippen molar-refractivity contribution in [1.29, 1.82) is 0 Å². The molecule has 1 fully saturated rings. The van der Waals surface area contributed by atoms with Crippen molar-refractivity contribution in [1.82, 2.24) is 14.9 Å². The van der Waals surface area contributed by atoms with E-state index in [1.54, 1.807) is 6.92 Å². The molecule has 0 radical (unpaired) electrons. The first-order valence-corrected chi connectivity index (χ1v) is 11.0. The van der Waals surface area contributed by atoms with Crippen LogP contribution >= 0.6 is 11.3 Å². The van der Waals surface area contributed by atoms with Crippen LogP contribution in [-0.4, -0.2) is 30.6 Å². The van der Waals surface area contributed by atoms with Crippen molar-refractivity contribution < 1.29 is 22.5 Å². The minimum Gasteiger partial charge on any atom is -0.449 e. The van der Waals surface area contributed by atoms with Gasteiger partial charge >= 0.3 is 5.97 Å². The molecule has 0 amide bonds. The van der Waals surface area contributed by atoms with E-state index in [2.05, 4.69) is 14.9 Å². The van der Waals surface area contributed by atoms with Crippen LogP contribution in [0.5, 0.6) is 0 Å². The van der Waals surface area contributed by atoms with Crippen LogP contribution in [0.1, 0.15) is 42.1 Å². The van der Waals surface area contributed by atoms with Crippen LogP contribution in [0.4, 0.5) is 0 Å². The smallest absolute Gasteiger partial charge is 0.338 e. The van der Waals surface area contributed by atoms with Crippen LogP contribution < -0.4 is 4.72 Å². The maximum absolute atomic E-state index is 12.5. The fraction of sp³-hybridized carbons (Fsp3) is 0.278. The Hall–Kier alpha value is -2.56. The van der Waals surface area contributed by atoms with Gasteiger partial charge in [0, 0.05) is 6.04 Å². The first-order valence-electron chi connectivity index (χ1n) is 8.63. The van der Waals surface area contributed by atoms with Gasteiger partial charge in [-0.1, -0.05) is 17.3 Å². The van der Waals surface area contributed by atoms with Crippen molar-refractivity contribution in [2.75, 3.05) is 0 Å². The molecule has 1 aliphatic rings. The summed E-state index contributed by atoms with van der Waals surface area (Å²) in [5.41, 5.74) is 0.128. The molecule has 1 N–H and O–H groups in total. The minimum absolute atomic E-state index is 0.0179. The molecule has 3 aromatic rings. The van der Waals surface area contributed by atoms with E-state index >= 15 is 0 Å². The summed E-state index contributed by atoms with van der Waals surface area (Å²) in [5.74, 6) is -0.0880. The summed E-state index contributed by atoms with van der Waals surface area (Å²) < 4.78 is 37.8. The molecule has 0 spiro atoms. The number of benzene rings is 1. The molecule has 28 heavy (non-hydrogen) atoms. The van der Waals surface area contributed by atoms with Crippen molar-refractivity contribution in [3.63, 3.8) is 0 Å². The summed E-state index contributed by atoms with van der Waals surface area (Å²) in [4.78, 5) is 17.6. The van der Waals surface area contributed by atoms with Gasteiger partial charge in [0.1, 0.15) is 0 Å². The largest absolute Gasteiger partial charge is 0.449 e. The number of rotatable bonds is 7. The molecule has 2 aromatic heterocycles. The summed E-state index contributed by atoms with van der Waals surface area (Å²) in [6, 6.07) is 9.45. The molecule has 0 saturated heterocycles. The van der Waals surface area contributed by atoms with E-state index in [1.807, 2.05) is 17.5 Å². The number of nitrogens with one attached hydrogen (secondary N) is 1. The Morgan fingerprint density at radius 2 is 2.14 bits per heavy atom. The van der Waals surface area contributed by atoms with Gasteiger partial charge in [-0.15, -0.1) is 11.3 Å². The maximum atomic E-state index is 12.5. The van der Waals surface area contributed by atoms with Crippen LogP contribution in [0.15, 0.2) is 51.2 Å². The van der Waals surface area contributed by atoms with Gasteiger partial charge in [-0.05, 0) is 49.4 Å². The summed E-state index contributed by atoms with van der Waals surface area (Å²) >= 11 is 1.47. The van der Waals surface area contributed by atoms with Gasteiger partial charge < -0.3 is 9.26 Å². The molecule has 146 valence electrons. The highest BCUT2D eigenvalue weighted by Crippen LogP contribution is 2.25. The third kappa shape index (κ3) is 4.13. The molecule has 0 unspecified atom stereocenters. The van der Waals surface area contributed by atoms with E-state index in [4.69, 9.17) is 9.26 Å². The molecule has 8 nitrogen and oxygen atoms in total. The average Bonchev–Trinajstić information content (AvgIpc) is 3.15. The predicted octanol–water partition coefficient (Wildman–Crippen LogP) is 3.16. The van der Waals surface area contributed by atoms with Crippen LogP contribution in [0, 0.1) is 0 Å². The Kier molecular flexibility index (Phi) is 5.00. The lowest BCUT2D eigenvalue weighted by Crippen LogP contribution is -2.26. The zero-order valence-corrected chi connectivity index (χ0v) is 16.5. The third-order valence-electron chi connectivity index (χ3n) is 4.09. The Morgan fingerprint density at radius 1 is 1.32 bits per heavy atom. The quantitative estimate of drug-likeness (QED) is 0.586. The third-order valence-corrected chi connectivity index (χ3v) is 6.48. The molecule has 10 heteroatoms. The minimum atomic E-state index is -3.65. The van der Waals surface area contributed by atoms with Gasteiger partial charge in [-0.2, -0.15) is 4.98 Å². The number of hydrogen-bond acceptors (Lipinski definition) is 8. The zero-order chi connectivity index (χ0) is 19.7. The Balaban J connectivity index is 1.47. The topological polar surface area (TPSA) is 111 Å². The van der Waals surface area contributed by atoms with Crippen molar-refractivity contribution in [3.8, 4) is 10.7 Å².